The van der Waals surface area contributed by atoms with Crippen LogP contribution in [0.2, 0.25) is 0 Å². The van der Waals surface area contributed by atoms with E-state index in [-0.39, 0.29) is 23.2 Å². The Kier molecular flexibility index (Phi) is 4.35. The number of hydrogen-bond donors (Lipinski definition) is 1. The number of amides is 1. The first-order valence-electron chi connectivity index (χ1n) is 8.65. The molecule has 0 spiro atoms. The van der Waals surface area contributed by atoms with Gasteiger partial charge in [0.1, 0.15) is 5.69 Å². The van der Waals surface area contributed by atoms with Crippen molar-refractivity contribution in [3.63, 3.8) is 0 Å². The van der Waals surface area contributed by atoms with Gasteiger partial charge >= 0.3 is 0 Å². The highest BCUT2D eigenvalue weighted by Gasteiger charge is 2.30. The molecular formula is C17H21N5O3. The van der Waals surface area contributed by atoms with E-state index in [0.717, 1.165) is 25.3 Å². The predicted molar refractivity (Wildman–Crippen MR) is 88.9 cm³/mol. The Balaban J connectivity index is 1.55. The van der Waals surface area contributed by atoms with E-state index in [9.17, 15) is 9.59 Å². The number of fused-ring (bicyclic) bond motifs is 1. The molecule has 2 aliphatic rings. The van der Waals surface area contributed by atoms with Crippen LogP contribution in [0.3, 0.4) is 0 Å². The third kappa shape index (κ3) is 3.63. The van der Waals surface area contributed by atoms with Crippen LogP contribution >= 0.6 is 0 Å². The highest BCUT2D eigenvalue weighted by molar-refractivity contribution is 5.92. The number of aromatic amines is 1. The SMILES string of the molecule is O=C(c1cc(=O)[nH]cn1)N1Cc2ccnn2CC[C@H]1COCC1CC1. The second kappa shape index (κ2) is 6.79. The van der Waals surface area contributed by atoms with Gasteiger partial charge in [0.2, 0.25) is 0 Å². The van der Waals surface area contributed by atoms with Gasteiger partial charge in [-0.15, -0.1) is 0 Å². The van der Waals surface area contributed by atoms with E-state index in [0.29, 0.717) is 19.1 Å². The van der Waals surface area contributed by atoms with Gasteiger partial charge in [-0.2, -0.15) is 5.10 Å². The largest absolute Gasteiger partial charge is 0.379 e. The summed E-state index contributed by atoms with van der Waals surface area (Å²) in [7, 11) is 0. The average Bonchev–Trinajstić information content (AvgIpc) is 3.36. The first-order valence-corrected chi connectivity index (χ1v) is 8.65. The molecule has 1 aliphatic heterocycles. The number of carbonyl (C=O) groups excluding carboxylic acids is 1. The van der Waals surface area contributed by atoms with Gasteiger partial charge in [-0.1, -0.05) is 0 Å². The fraction of sp³-hybridized carbons (Fsp3) is 0.529. The molecule has 0 radical (unpaired) electrons. The van der Waals surface area contributed by atoms with E-state index in [4.69, 9.17) is 4.74 Å². The minimum atomic E-state index is -0.334. The molecule has 1 N–H and O–H groups in total. The molecule has 4 rings (SSSR count). The molecule has 132 valence electrons. The molecule has 1 saturated carbocycles. The van der Waals surface area contributed by atoms with Crippen LogP contribution in [0.15, 0.2) is 29.5 Å². The van der Waals surface area contributed by atoms with Crippen molar-refractivity contribution < 1.29 is 9.53 Å². The summed E-state index contributed by atoms with van der Waals surface area (Å²) in [6.07, 6.45) is 6.23. The van der Waals surface area contributed by atoms with Gasteiger partial charge in [0.15, 0.2) is 0 Å². The third-order valence-corrected chi connectivity index (χ3v) is 4.77. The summed E-state index contributed by atoms with van der Waals surface area (Å²) in [6.45, 7) is 2.43. The lowest BCUT2D eigenvalue weighted by atomic mass is 10.1. The van der Waals surface area contributed by atoms with Crippen molar-refractivity contribution in [3.05, 3.63) is 46.4 Å². The van der Waals surface area contributed by atoms with Crippen LogP contribution in [-0.2, 0) is 17.8 Å². The number of rotatable bonds is 5. The first-order chi connectivity index (χ1) is 12.2. The molecule has 8 nitrogen and oxygen atoms in total. The van der Waals surface area contributed by atoms with E-state index in [1.807, 2.05) is 10.7 Å². The minimum absolute atomic E-state index is 0.0611. The second-order valence-corrected chi connectivity index (χ2v) is 6.70. The molecule has 1 atom stereocenters. The monoisotopic (exact) mass is 343 g/mol. The predicted octanol–water partition coefficient (Wildman–Crippen LogP) is 0.808. The topological polar surface area (TPSA) is 93.1 Å². The Hall–Kier alpha value is -2.48. The lowest BCUT2D eigenvalue weighted by molar-refractivity contribution is 0.0366. The van der Waals surface area contributed by atoms with Gasteiger partial charge < -0.3 is 14.6 Å². The van der Waals surface area contributed by atoms with Gasteiger partial charge in [0, 0.05) is 25.4 Å². The maximum absolute atomic E-state index is 13.0. The number of aryl methyl sites for hydroxylation is 1. The van der Waals surface area contributed by atoms with Gasteiger partial charge in [-0.05, 0) is 31.2 Å². The van der Waals surface area contributed by atoms with Crippen molar-refractivity contribution >= 4 is 5.91 Å². The molecule has 1 fully saturated rings. The maximum atomic E-state index is 13.0. The molecule has 1 aliphatic carbocycles. The minimum Gasteiger partial charge on any atom is -0.379 e. The number of carbonyl (C=O) groups is 1. The van der Waals surface area contributed by atoms with Crippen LogP contribution in [-0.4, -0.2) is 49.8 Å². The fourth-order valence-electron chi connectivity index (χ4n) is 3.13. The van der Waals surface area contributed by atoms with E-state index in [1.54, 1.807) is 11.1 Å². The van der Waals surface area contributed by atoms with Crippen LogP contribution in [0.5, 0.6) is 0 Å². The summed E-state index contributed by atoms with van der Waals surface area (Å²) in [6, 6.07) is 3.10. The Morgan fingerprint density at radius 3 is 3.00 bits per heavy atom. The standard InChI is InChI=1S/C17H21N5O3/c23-16-7-15(18-11-19-16)17(24)21-8-13-3-5-20-22(13)6-4-14(21)10-25-9-12-1-2-12/h3,5,7,11-12,14H,1-2,4,6,8-10H2,(H,18,19,23)/t14-/m0/s1. The lowest BCUT2D eigenvalue weighted by Crippen LogP contribution is -2.42. The lowest BCUT2D eigenvalue weighted by Gasteiger charge is -2.29. The Morgan fingerprint density at radius 1 is 1.32 bits per heavy atom. The van der Waals surface area contributed by atoms with Crippen molar-refractivity contribution in [2.45, 2.75) is 38.4 Å². The summed E-state index contributed by atoms with van der Waals surface area (Å²) in [5.74, 6) is 0.431. The molecule has 0 aromatic carbocycles. The molecule has 2 aromatic rings. The Morgan fingerprint density at radius 2 is 2.20 bits per heavy atom. The van der Waals surface area contributed by atoms with Crippen LogP contribution < -0.4 is 5.56 Å². The van der Waals surface area contributed by atoms with E-state index < -0.39 is 0 Å². The van der Waals surface area contributed by atoms with Crippen molar-refractivity contribution in [1.29, 1.82) is 0 Å². The number of aromatic nitrogens is 4. The number of nitrogens with zero attached hydrogens (tertiary/aromatic N) is 4. The second-order valence-electron chi connectivity index (χ2n) is 6.70. The van der Waals surface area contributed by atoms with Crippen LogP contribution in [0, 0.1) is 5.92 Å². The van der Waals surface area contributed by atoms with Crippen LogP contribution in [0.1, 0.15) is 35.4 Å². The molecule has 0 bridgehead atoms. The van der Waals surface area contributed by atoms with Crippen molar-refractivity contribution in [3.8, 4) is 0 Å². The smallest absolute Gasteiger partial charge is 0.273 e. The highest BCUT2D eigenvalue weighted by Crippen LogP contribution is 2.29. The zero-order valence-corrected chi connectivity index (χ0v) is 13.9. The molecule has 8 heteroatoms. The Labute approximate surface area is 144 Å². The fourth-order valence-corrected chi connectivity index (χ4v) is 3.13. The van der Waals surface area contributed by atoms with Crippen molar-refractivity contribution in [2.75, 3.05) is 13.2 Å². The van der Waals surface area contributed by atoms with Crippen LogP contribution in [0.4, 0.5) is 0 Å². The van der Waals surface area contributed by atoms with Gasteiger partial charge in [-0.25, -0.2) is 4.98 Å². The molecule has 2 aromatic heterocycles. The van der Waals surface area contributed by atoms with Gasteiger partial charge in [0.05, 0.1) is 31.2 Å². The van der Waals surface area contributed by atoms with Crippen molar-refractivity contribution in [2.24, 2.45) is 5.92 Å². The highest BCUT2D eigenvalue weighted by atomic mass is 16.5. The maximum Gasteiger partial charge on any atom is 0.273 e. The summed E-state index contributed by atoms with van der Waals surface area (Å²) in [5.41, 5.74) is 0.798. The van der Waals surface area contributed by atoms with E-state index in [1.165, 1.54) is 25.2 Å². The van der Waals surface area contributed by atoms with Crippen molar-refractivity contribution in [1.82, 2.24) is 24.6 Å². The third-order valence-electron chi connectivity index (χ3n) is 4.77. The van der Waals surface area contributed by atoms with Gasteiger partial charge in [0.25, 0.3) is 11.5 Å². The zero-order valence-electron chi connectivity index (χ0n) is 13.9. The zero-order chi connectivity index (χ0) is 17.2. The average molecular weight is 343 g/mol. The molecule has 0 unspecified atom stereocenters. The summed E-state index contributed by atoms with van der Waals surface area (Å²) in [5, 5.41) is 4.32. The Bertz CT molecular complexity index is 810. The molecular weight excluding hydrogens is 322 g/mol. The normalized spacial score (nSPS) is 20.2. The molecule has 1 amide bonds. The summed E-state index contributed by atoms with van der Waals surface area (Å²) < 4.78 is 7.78. The number of nitrogens with one attached hydrogen (secondary N) is 1. The molecule has 25 heavy (non-hydrogen) atoms. The number of hydrogen-bond acceptors (Lipinski definition) is 5. The molecule has 3 heterocycles. The van der Waals surface area contributed by atoms with Crippen LogP contribution in [0.25, 0.3) is 0 Å². The number of H-pyrrole nitrogens is 1. The van der Waals surface area contributed by atoms with E-state index >= 15 is 0 Å². The summed E-state index contributed by atoms with van der Waals surface area (Å²) >= 11 is 0. The molecule has 0 saturated heterocycles. The number of ether oxygens (including phenoxy) is 1. The quantitative estimate of drug-likeness (QED) is 0.867. The first kappa shape index (κ1) is 16.0. The van der Waals surface area contributed by atoms with E-state index in [2.05, 4.69) is 15.1 Å². The van der Waals surface area contributed by atoms with Gasteiger partial charge in [-0.3, -0.25) is 14.3 Å². The summed E-state index contributed by atoms with van der Waals surface area (Å²) in [4.78, 5) is 32.7.